The molecule has 142 valence electrons. The molecule has 5 nitrogen and oxygen atoms in total. The van der Waals surface area contributed by atoms with E-state index in [9.17, 15) is 9.18 Å². The number of rotatable bonds is 8. The number of para-hydroxylation sites is 2. The minimum Gasteiger partial charge on any atom is -0.488 e. The number of carbonyl (C=O) groups is 1. The average Bonchev–Trinajstić information content (AvgIpc) is 2.72. The summed E-state index contributed by atoms with van der Waals surface area (Å²) in [5, 5.41) is 6.51. The molecule has 0 fully saturated rings. The molecule has 3 rings (SSSR count). The van der Waals surface area contributed by atoms with Crippen LogP contribution in [0.4, 0.5) is 10.1 Å². The van der Waals surface area contributed by atoms with Gasteiger partial charge in [0, 0.05) is 16.8 Å². The fourth-order valence-electron chi connectivity index (χ4n) is 2.40. The molecule has 3 aromatic carbocycles. The van der Waals surface area contributed by atoms with Crippen molar-refractivity contribution in [1.82, 2.24) is 0 Å². The maximum Gasteiger partial charge on any atom is 0.265 e. The Morgan fingerprint density at radius 1 is 0.964 bits per heavy atom. The lowest BCUT2D eigenvalue weighted by molar-refractivity contribution is -0.120. The molecular weight excluding hydrogens is 359 g/mol. The number of hydrogen-bond donors (Lipinski definition) is 1. The Morgan fingerprint density at radius 3 is 2.50 bits per heavy atom. The van der Waals surface area contributed by atoms with Gasteiger partial charge in [-0.25, -0.2) is 4.39 Å². The van der Waals surface area contributed by atoms with E-state index in [-0.39, 0.29) is 24.9 Å². The molecule has 0 radical (unpaired) electrons. The van der Waals surface area contributed by atoms with E-state index in [2.05, 4.69) is 10.5 Å². The van der Waals surface area contributed by atoms with E-state index >= 15 is 0 Å². The third-order valence-corrected chi connectivity index (χ3v) is 3.78. The van der Waals surface area contributed by atoms with Gasteiger partial charge in [0.15, 0.2) is 6.61 Å². The Balaban J connectivity index is 1.52. The Hall–Kier alpha value is -3.67. The molecule has 0 atom stereocenters. The number of ether oxygens (including phenoxy) is 1. The zero-order valence-electron chi connectivity index (χ0n) is 15.0. The van der Waals surface area contributed by atoms with Crippen molar-refractivity contribution in [3.63, 3.8) is 0 Å². The van der Waals surface area contributed by atoms with Crippen LogP contribution in [0.5, 0.6) is 5.75 Å². The van der Waals surface area contributed by atoms with Gasteiger partial charge in [0.25, 0.3) is 5.91 Å². The van der Waals surface area contributed by atoms with E-state index in [1.54, 1.807) is 42.5 Å². The third-order valence-electron chi connectivity index (χ3n) is 3.78. The van der Waals surface area contributed by atoms with Crippen LogP contribution >= 0.6 is 0 Å². The highest BCUT2D eigenvalue weighted by molar-refractivity contribution is 5.91. The maximum absolute atomic E-state index is 13.7. The molecule has 1 N–H and O–H groups in total. The van der Waals surface area contributed by atoms with Gasteiger partial charge in [-0.05, 0) is 30.3 Å². The van der Waals surface area contributed by atoms with E-state index in [1.807, 2.05) is 30.3 Å². The number of benzene rings is 3. The normalized spacial score (nSPS) is 10.6. The van der Waals surface area contributed by atoms with Gasteiger partial charge in [0.1, 0.15) is 18.2 Å². The highest BCUT2D eigenvalue weighted by atomic mass is 19.1. The van der Waals surface area contributed by atoms with Gasteiger partial charge >= 0.3 is 0 Å². The molecule has 0 heterocycles. The first kappa shape index (κ1) is 19.1. The van der Waals surface area contributed by atoms with Crippen LogP contribution < -0.4 is 10.1 Å². The largest absolute Gasteiger partial charge is 0.488 e. The van der Waals surface area contributed by atoms with Crippen molar-refractivity contribution < 1.29 is 18.8 Å². The molecule has 0 aromatic heterocycles. The number of nitrogens with one attached hydrogen (secondary N) is 1. The topological polar surface area (TPSA) is 59.9 Å². The molecule has 0 spiro atoms. The number of hydrogen-bond acceptors (Lipinski definition) is 4. The zero-order valence-corrected chi connectivity index (χ0v) is 15.0. The summed E-state index contributed by atoms with van der Waals surface area (Å²) in [6.07, 6.45) is 1.45. The Bertz CT molecular complexity index is 945. The number of amides is 1. The van der Waals surface area contributed by atoms with Gasteiger partial charge in [0.05, 0.1) is 6.21 Å². The summed E-state index contributed by atoms with van der Waals surface area (Å²) in [6, 6.07) is 22.7. The van der Waals surface area contributed by atoms with Crippen LogP contribution in [0.2, 0.25) is 0 Å². The van der Waals surface area contributed by atoms with Gasteiger partial charge in [-0.15, -0.1) is 0 Å². The lowest BCUT2D eigenvalue weighted by Gasteiger charge is -2.09. The number of anilines is 1. The van der Waals surface area contributed by atoms with Crippen molar-refractivity contribution in [2.24, 2.45) is 5.16 Å². The molecule has 0 aliphatic rings. The number of nitrogens with zero attached hydrogens (tertiary/aromatic N) is 1. The second kappa shape index (κ2) is 9.87. The molecule has 1 amide bonds. The standard InChI is InChI=1S/C22H19FN2O3/c23-20-12-6-4-9-18(20)15-27-21-13-7-5-8-17(21)14-24-28-16-22(26)25-19-10-2-1-3-11-19/h1-14H,15-16H2,(H,25,26). The van der Waals surface area contributed by atoms with Gasteiger partial charge in [-0.1, -0.05) is 53.7 Å². The predicted octanol–water partition coefficient (Wildman–Crippen LogP) is 4.39. The monoisotopic (exact) mass is 378 g/mol. The lowest BCUT2D eigenvalue weighted by atomic mass is 10.2. The summed E-state index contributed by atoms with van der Waals surface area (Å²) in [5.74, 6) is -0.0966. The van der Waals surface area contributed by atoms with Crippen LogP contribution in [-0.2, 0) is 16.2 Å². The quantitative estimate of drug-likeness (QED) is 0.467. The predicted molar refractivity (Wildman–Crippen MR) is 106 cm³/mol. The van der Waals surface area contributed by atoms with Crippen molar-refractivity contribution in [2.45, 2.75) is 6.61 Å². The summed E-state index contributed by atoms with van der Waals surface area (Å²) >= 11 is 0. The maximum atomic E-state index is 13.7. The van der Waals surface area contributed by atoms with Gasteiger partial charge in [0.2, 0.25) is 0 Å². The van der Waals surface area contributed by atoms with E-state index in [0.29, 0.717) is 22.6 Å². The van der Waals surface area contributed by atoms with Crippen LogP contribution in [0.3, 0.4) is 0 Å². The summed E-state index contributed by atoms with van der Waals surface area (Å²) in [4.78, 5) is 16.9. The zero-order chi connectivity index (χ0) is 19.6. The van der Waals surface area contributed by atoms with Gasteiger partial charge in [-0.3, -0.25) is 4.79 Å². The van der Waals surface area contributed by atoms with E-state index in [0.717, 1.165) is 0 Å². The first-order chi connectivity index (χ1) is 13.7. The third kappa shape index (κ3) is 5.67. The lowest BCUT2D eigenvalue weighted by Crippen LogP contribution is -2.16. The van der Waals surface area contributed by atoms with Crippen molar-refractivity contribution in [2.75, 3.05) is 11.9 Å². The van der Waals surface area contributed by atoms with Crippen LogP contribution in [0.15, 0.2) is 84.0 Å². The van der Waals surface area contributed by atoms with Crippen molar-refractivity contribution in [3.8, 4) is 5.75 Å². The smallest absolute Gasteiger partial charge is 0.265 e. The van der Waals surface area contributed by atoms with Crippen molar-refractivity contribution in [3.05, 3.63) is 95.8 Å². The second-order valence-electron chi connectivity index (χ2n) is 5.84. The molecule has 0 aliphatic carbocycles. The Morgan fingerprint density at radius 2 is 1.68 bits per heavy atom. The fourth-order valence-corrected chi connectivity index (χ4v) is 2.40. The minimum atomic E-state index is -0.318. The summed E-state index contributed by atoms with van der Waals surface area (Å²) in [5.41, 5.74) is 1.80. The highest BCUT2D eigenvalue weighted by Crippen LogP contribution is 2.18. The number of halogens is 1. The van der Waals surface area contributed by atoms with Crippen LogP contribution in [0.1, 0.15) is 11.1 Å². The molecule has 0 bridgehead atoms. The molecule has 0 aliphatic heterocycles. The molecular formula is C22H19FN2O3. The van der Waals surface area contributed by atoms with E-state index < -0.39 is 0 Å². The molecule has 0 unspecified atom stereocenters. The summed E-state index contributed by atoms with van der Waals surface area (Å²) in [7, 11) is 0. The summed E-state index contributed by atoms with van der Waals surface area (Å²) < 4.78 is 19.4. The number of carbonyl (C=O) groups excluding carboxylic acids is 1. The van der Waals surface area contributed by atoms with E-state index in [4.69, 9.17) is 9.57 Å². The second-order valence-corrected chi connectivity index (χ2v) is 5.84. The SMILES string of the molecule is O=C(CON=Cc1ccccc1OCc1ccccc1F)Nc1ccccc1. The average molecular weight is 378 g/mol. The first-order valence-electron chi connectivity index (χ1n) is 8.68. The van der Waals surface area contributed by atoms with Crippen LogP contribution in [0, 0.1) is 5.82 Å². The van der Waals surface area contributed by atoms with Crippen LogP contribution in [-0.4, -0.2) is 18.7 Å². The van der Waals surface area contributed by atoms with Crippen LogP contribution in [0.25, 0.3) is 0 Å². The minimum absolute atomic E-state index is 0.0951. The Kier molecular flexibility index (Phi) is 6.73. The van der Waals surface area contributed by atoms with E-state index in [1.165, 1.54) is 12.3 Å². The molecule has 6 heteroatoms. The molecule has 3 aromatic rings. The van der Waals surface area contributed by atoms with Gasteiger partial charge < -0.3 is 14.9 Å². The van der Waals surface area contributed by atoms with Crippen molar-refractivity contribution >= 4 is 17.8 Å². The fraction of sp³-hybridized carbons (Fsp3) is 0.0909. The summed E-state index contributed by atoms with van der Waals surface area (Å²) in [6.45, 7) is -0.124. The molecule has 28 heavy (non-hydrogen) atoms. The van der Waals surface area contributed by atoms with Gasteiger partial charge in [-0.2, -0.15) is 0 Å². The first-order valence-corrected chi connectivity index (χ1v) is 8.68. The number of oxime groups is 1. The highest BCUT2D eigenvalue weighted by Gasteiger charge is 2.05. The van der Waals surface area contributed by atoms with Crippen molar-refractivity contribution in [1.29, 1.82) is 0 Å². The molecule has 0 saturated heterocycles. The molecule has 0 saturated carbocycles. The Labute approximate surface area is 162 Å².